The Morgan fingerprint density at radius 3 is 1.54 bits per heavy atom. The molecule has 0 spiro atoms. The molecule has 8 aromatic carbocycles. The highest BCUT2D eigenvalue weighted by molar-refractivity contribution is 8.00. The minimum atomic E-state index is -0.0847. The Labute approximate surface area is 730 Å². The predicted molar refractivity (Wildman–Crippen MR) is 501 cm³/mol. The SMILES string of the molecule is Cc1ccc2[nH]c(C)c(CCNc3ncnc4c3oc3ccccc34)c2c1.Cc1cccc(NC(=O)CSc2ncnc3c2oc2ccccc23)c1.O=C(CSc1ncnc2c1oc1ccccc12)c1cccs1.OCCN1CCN(c2nc(-c3ccccc3)nc3c2oc2ccccc23)CC1.c1ccc2c(c1)oc1c(NCCCN3CCCCC3)ncnc12. The number of aromatic nitrogens is 11. The molecule has 28 heteroatoms. The van der Waals surface area contributed by atoms with Crippen LogP contribution in [0, 0.1) is 20.8 Å². The number of amides is 1. The monoisotopic (exact) mass is 1720 g/mol. The highest BCUT2D eigenvalue weighted by Gasteiger charge is 2.26. The van der Waals surface area contributed by atoms with Gasteiger partial charge in [0.1, 0.15) is 90.9 Å². The minimum Gasteiger partial charge on any atom is -0.451 e. The van der Waals surface area contributed by atoms with Gasteiger partial charge in [0.15, 0.2) is 57.0 Å². The van der Waals surface area contributed by atoms with E-state index >= 15 is 0 Å². The summed E-state index contributed by atoms with van der Waals surface area (Å²) in [5, 5.41) is 28.5. The molecule has 0 atom stereocenters. The molecule has 628 valence electrons. The first kappa shape index (κ1) is 82.5. The van der Waals surface area contributed by atoms with Crippen LogP contribution in [-0.2, 0) is 11.2 Å². The van der Waals surface area contributed by atoms with Crippen molar-refractivity contribution in [3.8, 4) is 11.4 Å². The number of aromatic amines is 1. The van der Waals surface area contributed by atoms with Crippen LogP contribution < -0.4 is 20.9 Å². The zero-order valence-corrected chi connectivity index (χ0v) is 71.5. The van der Waals surface area contributed by atoms with Crippen LogP contribution in [0.1, 0.15) is 57.7 Å². The fourth-order valence-electron chi connectivity index (χ4n) is 15.9. The molecule has 20 aromatic rings. The molecule has 2 fully saturated rings. The number of benzene rings is 8. The number of aliphatic hydroxyl groups excluding tert-OH is 1. The number of furan rings is 5. The number of aryl methyl sites for hydroxylation is 3. The van der Waals surface area contributed by atoms with Gasteiger partial charge in [-0.25, -0.2) is 49.8 Å². The summed E-state index contributed by atoms with van der Waals surface area (Å²) in [6.07, 6.45) is 12.3. The number of thioether (sulfide) groups is 2. The molecule has 12 aromatic heterocycles. The third-order valence-corrected chi connectivity index (χ3v) is 24.9. The number of carbonyl (C=O) groups excluding carboxylic acids is 2. The zero-order chi connectivity index (χ0) is 85.0. The molecule has 2 saturated heterocycles. The van der Waals surface area contributed by atoms with Crippen molar-refractivity contribution in [2.24, 2.45) is 0 Å². The highest BCUT2D eigenvalue weighted by Crippen LogP contribution is 2.39. The molecule has 5 N–H and O–H groups in total. The Morgan fingerprint density at radius 1 is 0.464 bits per heavy atom. The predicted octanol–water partition coefficient (Wildman–Crippen LogP) is 20.8. The number of piperazine rings is 1. The van der Waals surface area contributed by atoms with Crippen LogP contribution >= 0.6 is 34.9 Å². The number of hydrogen-bond donors (Lipinski definition) is 5. The molecule has 0 aliphatic carbocycles. The van der Waals surface area contributed by atoms with Crippen LogP contribution in [0.15, 0.2) is 269 Å². The van der Waals surface area contributed by atoms with E-state index in [4.69, 9.17) is 32.1 Å². The molecule has 2 aliphatic rings. The summed E-state index contributed by atoms with van der Waals surface area (Å²) in [6.45, 7) is 16.0. The summed E-state index contributed by atoms with van der Waals surface area (Å²) in [7, 11) is 0. The van der Waals surface area contributed by atoms with Crippen LogP contribution in [0.25, 0.3) is 133 Å². The standard InChI is InChI=1S/C22H22N4O2.C22H20N4O.C19H15N3O2S.C18H22N4O.C16H10N2O2S2/c27-15-14-25-10-12-26(13-11-25)22-20-19(17-8-4-5-9-18(17)28-20)23-21(24-22)16-6-2-1-3-7-16;1-13-7-8-18-17(11-13)15(14(2)26-18)9-10-23-22-21-20(24-12-25-22)16-5-3-4-6-19(16)27-21;1-12-5-4-6-13(9-12)22-16(23)10-25-19-18-17(20-11-21-19)14-7-2-3-8-15(14)24-18;1-4-10-22(11-5-1)12-6-9-19-18-17-16(20-13-21-18)14-7-2-3-8-15(14)23-17;19-11(13-6-3-7-21-13)8-22-16-15-14(17-9-18-16)10-4-1-2-5-12(10)20-15/h1-9,27H,10-15H2;3-8,11-12,26H,9-10H2,1-2H3,(H,23,24,25);2-9,11H,10H2,1H3,(H,22,23);2-3,7-8,13H,1,4-6,9-12H2,(H,19,20,21);1-7,9H,8H2. The van der Waals surface area contributed by atoms with Crippen molar-refractivity contribution in [1.82, 2.24) is 64.6 Å². The van der Waals surface area contributed by atoms with Gasteiger partial charge in [0, 0.05) is 101 Å². The number of fused-ring (bicyclic) bond motifs is 16. The fourth-order valence-corrected chi connectivity index (χ4v) is 18.2. The van der Waals surface area contributed by atoms with Gasteiger partial charge in [-0.15, -0.1) is 11.3 Å². The van der Waals surface area contributed by atoms with E-state index in [1.165, 1.54) is 108 Å². The summed E-state index contributed by atoms with van der Waals surface area (Å²) < 4.78 is 29.8. The van der Waals surface area contributed by atoms with Gasteiger partial charge in [0.05, 0.1) is 23.0 Å². The topological polar surface area (TPSA) is 311 Å². The largest absolute Gasteiger partial charge is 0.451 e. The van der Waals surface area contributed by atoms with Gasteiger partial charge in [-0.05, 0) is 174 Å². The number of anilines is 4. The molecule has 1 amide bonds. The number of Topliss-reactive ketones (excluding diaryl/α,β-unsaturated/α-hetero) is 1. The number of ketones is 1. The number of nitrogens with zero attached hydrogens (tertiary/aromatic N) is 13. The van der Waals surface area contributed by atoms with E-state index < -0.39 is 0 Å². The second-order valence-electron chi connectivity index (χ2n) is 30.5. The molecule has 2 aliphatic heterocycles. The molecule has 0 saturated carbocycles. The minimum absolute atomic E-state index is 0.0847. The summed E-state index contributed by atoms with van der Waals surface area (Å²) in [5.41, 5.74) is 19.6. The average molecular weight is 1720 g/mol. The number of aliphatic hydroxyl groups is 1. The number of carbonyl (C=O) groups is 2. The second kappa shape index (κ2) is 38.5. The summed E-state index contributed by atoms with van der Waals surface area (Å²) in [5.74, 6) is 3.70. The third kappa shape index (κ3) is 18.7. The Hall–Kier alpha value is -13.5. The van der Waals surface area contributed by atoms with Crippen molar-refractivity contribution in [2.45, 2.75) is 62.9 Å². The molecular weight excluding hydrogens is 1630 g/mol. The van der Waals surface area contributed by atoms with Crippen molar-refractivity contribution >= 4 is 191 Å². The second-order valence-corrected chi connectivity index (χ2v) is 33.4. The van der Waals surface area contributed by atoms with Crippen LogP contribution in [0.3, 0.4) is 0 Å². The normalized spacial score (nSPS) is 13.2. The maximum Gasteiger partial charge on any atom is 0.234 e. The number of hydrogen-bond acceptors (Lipinski definition) is 26. The van der Waals surface area contributed by atoms with Gasteiger partial charge in [0.2, 0.25) is 5.91 Å². The maximum atomic E-state index is 12.2. The van der Waals surface area contributed by atoms with Gasteiger partial charge in [-0.3, -0.25) is 14.5 Å². The zero-order valence-electron chi connectivity index (χ0n) is 69.1. The first-order valence-corrected chi connectivity index (χ1v) is 44.6. The lowest BCUT2D eigenvalue weighted by molar-refractivity contribution is -0.113. The van der Waals surface area contributed by atoms with E-state index in [1.54, 1.807) is 12.7 Å². The maximum absolute atomic E-state index is 12.2. The van der Waals surface area contributed by atoms with Crippen LogP contribution in [-0.4, -0.2) is 165 Å². The average Bonchev–Trinajstić information content (AvgIpc) is 1.54. The number of β-amino-alcohol motifs (C(OH)–C–C–N with tert-alkyl or cyclic N) is 1. The summed E-state index contributed by atoms with van der Waals surface area (Å²) in [6, 6.07) is 67.4. The van der Waals surface area contributed by atoms with E-state index in [2.05, 4.69) is 108 Å². The molecule has 14 heterocycles. The number of piperidine rings is 1. The molecule has 125 heavy (non-hydrogen) atoms. The van der Waals surface area contributed by atoms with E-state index in [9.17, 15) is 14.7 Å². The number of rotatable bonds is 21. The fraction of sp³-hybridized carbons (Fsp3) is 0.216. The lowest BCUT2D eigenvalue weighted by Gasteiger charge is -2.35. The molecule has 0 bridgehead atoms. The van der Waals surface area contributed by atoms with E-state index in [-0.39, 0.29) is 24.1 Å². The molecule has 25 nitrogen and oxygen atoms in total. The van der Waals surface area contributed by atoms with Crippen molar-refractivity contribution in [2.75, 3.05) is 104 Å². The van der Waals surface area contributed by atoms with Gasteiger partial charge >= 0.3 is 0 Å². The van der Waals surface area contributed by atoms with Crippen LogP contribution in [0.4, 0.5) is 23.1 Å². The quantitative estimate of drug-likeness (QED) is 0.0193. The van der Waals surface area contributed by atoms with Crippen molar-refractivity contribution in [3.05, 3.63) is 264 Å². The molecule has 0 unspecified atom stereocenters. The van der Waals surface area contributed by atoms with Gasteiger partial charge in [-0.1, -0.05) is 151 Å². The first-order chi connectivity index (χ1) is 61.5. The summed E-state index contributed by atoms with van der Waals surface area (Å²) >= 11 is 4.18. The Kier molecular flexibility index (Phi) is 25.4. The van der Waals surface area contributed by atoms with E-state index in [0.29, 0.717) is 44.9 Å². The van der Waals surface area contributed by atoms with Gasteiger partial charge in [-0.2, -0.15) is 0 Å². The molecule has 0 radical (unpaired) electrons. The van der Waals surface area contributed by atoms with Crippen molar-refractivity contribution in [3.63, 3.8) is 0 Å². The highest BCUT2D eigenvalue weighted by atomic mass is 32.2. The van der Waals surface area contributed by atoms with E-state index in [1.807, 2.05) is 200 Å². The lowest BCUT2D eigenvalue weighted by Crippen LogP contribution is -2.47. The number of para-hydroxylation sites is 5. The van der Waals surface area contributed by atoms with Crippen molar-refractivity contribution < 1.29 is 36.8 Å². The van der Waals surface area contributed by atoms with Gasteiger partial charge in [0.25, 0.3) is 0 Å². The van der Waals surface area contributed by atoms with Crippen LogP contribution in [0.5, 0.6) is 0 Å². The number of nitrogens with one attached hydrogen (secondary N) is 4. The first-order valence-electron chi connectivity index (χ1n) is 41.8. The lowest BCUT2D eigenvalue weighted by atomic mass is 10.1. The van der Waals surface area contributed by atoms with Gasteiger partial charge < -0.3 is 57.9 Å². The number of H-pyrrole nitrogens is 1. The Morgan fingerprint density at radius 2 is 0.976 bits per heavy atom. The van der Waals surface area contributed by atoms with E-state index in [0.717, 1.165) is 191 Å². The Bertz CT molecular complexity index is 7180. The Balaban J connectivity index is 0.000000106. The third-order valence-electron chi connectivity index (χ3n) is 22.0. The smallest absolute Gasteiger partial charge is 0.234 e. The van der Waals surface area contributed by atoms with Crippen LogP contribution in [0.2, 0.25) is 0 Å². The number of thiophene rings is 1. The number of likely N-dealkylation sites (tertiary alicyclic amines) is 1. The van der Waals surface area contributed by atoms with Crippen molar-refractivity contribution in [1.29, 1.82) is 0 Å². The summed E-state index contributed by atoms with van der Waals surface area (Å²) in [4.78, 5) is 80.1. The molecular formula is C97H89N17O8S3. The molecule has 22 rings (SSSR count).